The van der Waals surface area contributed by atoms with Gasteiger partial charge < -0.3 is 0 Å². The van der Waals surface area contributed by atoms with Crippen molar-refractivity contribution in [2.24, 2.45) is 0 Å². The molecule has 1 aliphatic rings. The van der Waals surface area contributed by atoms with E-state index in [0.717, 1.165) is 8.58 Å². The van der Waals surface area contributed by atoms with Crippen LogP contribution in [0.4, 0.5) is 0 Å². The fourth-order valence-electron chi connectivity index (χ4n) is 2.53. The van der Waals surface area contributed by atoms with Crippen LogP contribution >= 0.6 is 36.6 Å². The normalized spacial score (nSPS) is 15.6. The molecule has 1 atom stereocenters. The first kappa shape index (κ1) is 26.2. The first-order valence-corrected chi connectivity index (χ1v) is 14.9. The van der Waals surface area contributed by atoms with Crippen molar-refractivity contribution in [2.45, 2.75) is 44.9 Å². The molecule has 1 fully saturated rings. The van der Waals surface area contributed by atoms with E-state index < -0.39 is 0 Å². The van der Waals surface area contributed by atoms with E-state index in [4.69, 9.17) is 20.1 Å². The predicted octanol–water partition coefficient (Wildman–Crippen LogP) is 7.08. The van der Waals surface area contributed by atoms with Gasteiger partial charge in [-0.05, 0) is 60.5 Å². The van der Waals surface area contributed by atoms with E-state index >= 15 is 0 Å². The second-order valence-electron chi connectivity index (χ2n) is 7.46. The summed E-state index contributed by atoms with van der Waals surface area (Å²) in [5.41, 5.74) is 0. The van der Waals surface area contributed by atoms with Crippen LogP contribution in [0.25, 0.3) is 0 Å². The summed E-state index contributed by atoms with van der Waals surface area (Å²) in [6.45, 7) is 16.2. The Labute approximate surface area is 174 Å². The van der Waals surface area contributed by atoms with Crippen molar-refractivity contribution in [1.82, 2.24) is 0 Å². The first-order valence-electron chi connectivity index (χ1n) is 8.16. The van der Waals surface area contributed by atoms with Gasteiger partial charge in [0.2, 0.25) is 0 Å². The maximum atomic E-state index is 4.83. The van der Waals surface area contributed by atoms with Crippen LogP contribution in [0.1, 0.15) is 34.6 Å². The Hall–Kier alpha value is 1.19. The van der Waals surface area contributed by atoms with Gasteiger partial charge in [-0.1, -0.05) is 72.9 Å². The molecular weight excluding hydrogens is 425 g/mol. The van der Waals surface area contributed by atoms with E-state index in [9.17, 15) is 0 Å². The van der Waals surface area contributed by atoms with E-state index in [2.05, 4.69) is 104 Å². The molecule has 5 radical (unpaired) electrons. The first-order chi connectivity index (χ1) is 11.5. The number of hydrogen-bond donors (Lipinski definition) is 0. The van der Waals surface area contributed by atoms with Gasteiger partial charge in [-0.3, -0.25) is 0 Å². The van der Waals surface area contributed by atoms with Crippen LogP contribution in [0.5, 0.6) is 0 Å². The van der Waals surface area contributed by atoms with Crippen LogP contribution in [-0.2, 0) is 13.4 Å². The second-order valence-corrected chi connectivity index (χ2v) is 14.9. The summed E-state index contributed by atoms with van der Waals surface area (Å²) >= 11 is -0.181. The van der Waals surface area contributed by atoms with Gasteiger partial charge in [0.15, 0.2) is 0 Å². The van der Waals surface area contributed by atoms with Crippen molar-refractivity contribution in [3.05, 3.63) is 61.9 Å². The van der Waals surface area contributed by atoms with E-state index in [-0.39, 0.29) is 21.3 Å². The Balaban J connectivity index is 0.000000417. The van der Waals surface area contributed by atoms with Gasteiger partial charge in [-0.25, -0.2) is 0 Å². The summed E-state index contributed by atoms with van der Waals surface area (Å²) in [5, 5.41) is 2.25. The molecule has 1 saturated carbocycles. The Morgan fingerprint density at radius 2 is 1.32 bits per heavy atom. The van der Waals surface area contributed by atoms with E-state index in [1.54, 1.807) is 0 Å². The monoisotopic (exact) mass is 455 g/mol. The summed E-state index contributed by atoms with van der Waals surface area (Å²) in [7, 11) is 10.7. The molecule has 0 saturated heterocycles. The van der Waals surface area contributed by atoms with Gasteiger partial charge in [0, 0.05) is 0 Å². The van der Waals surface area contributed by atoms with Crippen LogP contribution < -0.4 is 5.30 Å². The fraction of sp³-hybridized carbons (Fsp3) is 0.450. The van der Waals surface area contributed by atoms with Gasteiger partial charge in [0.25, 0.3) is 0 Å². The molecule has 1 unspecified atom stereocenters. The molecule has 2 rings (SSSR count). The van der Waals surface area contributed by atoms with Gasteiger partial charge in [-0.15, -0.1) is 8.58 Å². The molecule has 0 N–H and O–H groups in total. The third-order valence-corrected chi connectivity index (χ3v) is 6.34. The Bertz CT molecular complexity index is 439. The van der Waals surface area contributed by atoms with E-state index in [0.29, 0.717) is 10.3 Å². The molecule has 1 aromatic rings. The van der Waals surface area contributed by atoms with Gasteiger partial charge >= 0.3 is 33.5 Å². The summed E-state index contributed by atoms with van der Waals surface area (Å²) in [5.74, 6) is 1.47. The van der Waals surface area contributed by atoms with Gasteiger partial charge in [0.05, 0.1) is 0 Å². The second kappa shape index (κ2) is 13.4. The van der Waals surface area contributed by atoms with Crippen molar-refractivity contribution in [3.63, 3.8) is 0 Å². The zero-order chi connectivity index (χ0) is 19.5. The molecule has 5 heteroatoms. The van der Waals surface area contributed by atoms with Crippen molar-refractivity contribution in [3.8, 4) is 0 Å². The SMILES string of the molecule is CC(C)(C)PC(C)(C)[C]1[CH][CH][CH][CH]1.CP(C)c1ccccc1.[Cl][Cr+][Cl]. The molecule has 0 amide bonds. The van der Waals surface area contributed by atoms with Crippen LogP contribution in [0.2, 0.25) is 0 Å². The van der Waals surface area contributed by atoms with E-state index in [1.165, 1.54) is 11.2 Å². The summed E-state index contributed by atoms with van der Waals surface area (Å²) in [6.07, 6.45) is 8.73. The van der Waals surface area contributed by atoms with Gasteiger partial charge in [0.1, 0.15) is 0 Å². The maximum absolute atomic E-state index is 4.83. The Kier molecular flexibility index (Phi) is 14.0. The van der Waals surface area contributed by atoms with Crippen molar-refractivity contribution in [1.29, 1.82) is 0 Å². The summed E-state index contributed by atoms with van der Waals surface area (Å²) in [6, 6.07) is 10.6. The van der Waals surface area contributed by atoms with Crippen LogP contribution in [-0.4, -0.2) is 23.6 Å². The molecule has 1 aromatic carbocycles. The van der Waals surface area contributed by atoms with Crippen molar-refractivity contribution in [2.75, 3.05) is 13.3 Å². The standard InChI is InChI=1S/C12H20P.C8H11P.2ClH.Cr/c1-11(2,3)13-12(4,5)10-8-6-7-9-10;1-9(2)8-6-4-3-5-7-8;;;/h6-9,13H,1-5H3;3-7H,1-2H3;2*1H;/q;;;;+3/p-2. The van der Waals surface area contributed by atoms with Crippen LogP contribution in [0.15, 0.2) is 30.3 Å². The molecule has 25 heavy (non-hydrogen) atoms. The average Bonchev–Trinajstić information content (AvgIpc) is 3.02. The predicted molar refractivity (Wildman–Crippen MR) is 119 cm³/mol. The molecule has 0 spiro atoms. The molecule has 0 heterocycles. The molecule has 140 valence electrons. The average molecular weight is 456 g/mol. The van der Waals surface area contributed by atoms with Crippen molar-refractivity contribution < 1.29 is 13.4 Å². The number of rotatable bonds is 3. The minimum absolute atomic E-state index is 0.104. The quantitative estimate of drug-likeness (QED) is 0.427. The molecule has 0 aromatic heterocycles. The fourth-order valence-corrected chi connectivity index (χ4v) is 5.48. The Morgan fingerprint density at radius 3 is 1.64 bits per heavy atom. The molecule has 0 nitrogen and oxygen atoms in total. The summed E-state index contributed by atoms with van der Waals surface area (Å²) < 4.78 is 0. The third-order valence-electron chi connectivity index (χ3n) is 3.34. The molecular formula is C20H31Cl2CrP2+. The van der Waals surface area contributed by atoms with Gasteiger partial charge in [-0.2, -0.15) is 0 Å². The number of benzene rings is 1. The van der Waals surface area contributed by atoms with Crippen LogP contribution in [0.3, 0.4) is 0 Å². The summed E-state index contributed by atoms with van der Waals surface area (Å²) in [4.78, 5) is 0. The zero-order valence-electron chi connectivity index (χ0n) is 16.3. The van der Waals surface area contributed by atoms with Crippen molar-refractivity contribution >= 4 is 41.9 Å². The minimum atomic E-state index is -0.181. The molecule has 0 bridgehead atoms. The topological polar surface area (TPSA) is 0 Å². The zero-order valence-corrected chi connectivity index (χ0v) is 21.0. The number of hydrogen-bond acceptors (Lipinski definition) is 0. The third kappa shape index (κ3) is 13.1. The Morgan fingerprint density at radius 1 is 0.880 bits per heavy atom. The molecule has 1 aliphatic carbocycles. The van der Waals surface area contributed by atoms with Crippen LogP contribution in [0, 0.1) is 31.6 Å². The van der Waals surface area contributed by atoms with E-state index in [1.807, 2.05) is 0 Å². The molecule has 0 aliphatic heterocycles. The number of halogens is 2.